The number of rotatable bonds is 8. The smallest absolute Gasteiger partial charge is 0.258 e. The lowest BCUT2D eigenvalue weighted by Crippen LogP contribution is -2.38. The van der Waals surface area contributed by atoms with Gasteiger partial charge in [0, 0.05) is 24.0 Å². The second-order valence-corrected chi connectivity index (χ2v) is 6.79. The van der Waals surface area contributed by atoms with Gasteiger partial charge in [0.1, 0.15) is 5.75 Å². The number of aryl methyl sites for hydroxylation is 1. The maximum Gasteiger partial charge on any atom is 0.258 e. The Balaban J connectivity index is 2.47. The third-order valence-electron chi connectivity index (χ3n) is 3.54. The van der Waals surface area contributed by atoms with Gasteiger partial charge in [0.25, 0.3) is 5.91 Å². The topological polar surface area (TPSA) is 67.4 Å². The van der Waals surface area contributed by atoms with Crippen LogP contribution in [0.15, 0.2) is 12.1 Å². The molecule has 1 aromatic carbocycles. The molecule has 6 heteroatoms. The Kier molecular flexibility index (Phi) is 8.05. The van der Waals surface area contributed by atoms with E-state index in [0.717, 1.165) is 11.1 Å². The highest BCUT2D eigenvalue weighted by molar-refractivity contribution is 6.31. The van der Waals surface area contributed by atoms with E-state index in [0.29, 0.717) is 23.9 Å². The van der Waals surface area contributed by atoms with E-state index in [4.69, 9.17) is 16.3 Å². The average molecular weight is 355 g/mol. The van der Waals surface area contributed by atoms with Gasteiger partial charge in [-0.05, 0) is 36.1 Å². The first-order chi connectivity index (χ1) is 11.2. The molecule has 24 heavy (non-hydrogen) atoms. The molecule has 0 atom stereocenters. The highest BCUT2D eigenvalue weighted by Gasteiger charge is 2.12. The van der Waals surface area contributed by atoms with Gasteiger partial charge >= 0.3 is 0 Å². The van der Waals surface area contributed by atoms with Crippen molar-refractivity contribution in [3.8, 4) is 5.75 Å². The fourth-order valence-corrected chi connectivity index (χ4v) is 2.20. The van der Waals surface area contributed by atoms with Gasteiger partial charge < -0.3 is 15.4 Å². The van der Waals surface area contributed by atoms with Crippen molar-refractivity contribution in [2.75, 3.05) is 19.7 Å². The first-order valence-corrected chi connectivity index (χ1v) is 8.57. The second-order valence-electron chi connectivity index (χ2n) is 6.38. The Hall–Kier alpha value is -1.75. The number of carbonyl (C=O) groups is 2. The summed E-state index contributed by atoms with van der Waals surface area (Å²) >= 11 is 6.16. The van der Waals surface area contributed by atoms with Gasteiger partial charge in [-0.25, -0.2) is 0 Å². The van der Waals surface area contributed by atoms with Crippen LogP contribution in [0.5, 0.6) is 5.75 Å². The lowest BCUT2D eigenvalue weighted by atomic mass is 10.0. The van der Waals surface area contributed by atoms with Crippen molar-refractivity contribution in [2.24, 2.45) is 5.92 Å². The maximum atomic E-state index is 11.9. The molecule has 0 radical (unpaired) electrons. The highest BCUT2D eigenvalue weighted by atomic mass is 35.5. The molecule has 0 saturated heterocycles. The monoisotopic (exact) mass is 354 g/mol. The van der Waals surface area contributed by atoms with E-state index in [1.807, 2.05) is 46.8 Å². The van der Waals surface area contributed by atoms with E-state index in [2.05, 4.69) is 10.6 Å². The van der Waals surface area contributed by atoms with E-state index in [1.165, 1.54) is 0 Å². The standard InChI is InChI=1S/C18H27ClN2O3/c1-11(2)14-9-15(19)13(5)8-16(14)24-10-17(22)20-6-7-21-18(23)12(3)4/h8-9,11-12H,6-7,10H2,1-5H3,(H,20,22)(H,21,23). The SMILES string of the molecule is Cc1cc(OCC(=O)NCCNC(=O)C(C)C)c(C(C)C)cc1Cl. The van der Waals surface area contributed by atoms with Crippen LogP contribution >= 0.6 is 11.6 Å². The molecule has 0 spiro atoms. The molecule has 0 bridgehead atoms. The molecule has 0 fully saturated rings. The quantitative estimate of drug-likeness (QED) is 0.705. The van der Waals surface area contributed by atoms with Gasteiger partial charge in [0.2, 0.25) is 5.91 Å². The average Bonchev–Trinajstić information content (AvgIpc) is 2.51. The van der Waals surface area contributed by atoms with E-state index in [-0.39, 0.29) is 30.3 Å². The van der Waals surface area contributed by atoms with Crippen LogP contribution in [0.4, 0.5) is 0 Å². The Bertz CT molecular complexity index is 586. The minimum Gasteiger partial charge on any atom is -0.483 e. The molecule has 2 N–H and O–H groups in total. The van der Waals surface area contributed by atoms with Crippen LogP contribution in [0.1, 0.15) is 44.7 Å². The summed E-state index contributed by atoms with van der Waals surface area (Å²) in [7, 11) is 0. The van der Waals surface area contributed by atoms with E-state index >= 15 is 0 Å². The van der Waals surface area contributed by atoms with Crippen LogP contribution in [0.3, 0.4) is 0 Å². The molecule has 2 amide bonds. The van der Waals surface area contributed by atoms with Gasteiger partial charge in [0.05, 0.1) is 0 Å². The Labute approximate surface area is 149 Å². The fraction of sp³-hybridized carbons (Fsp3) is 0.556. The molecule has 1 rings (SSSR count). The van der Waals surface area contributed by atoms with Crippen LogP contribution in [0.2, 0.25) is 5.02 Å². The van der Waals surface area contributed by atoms with Gasteiger partial charge in [-0.3, -0.25) is 9.59 Å². The van der Waals surface area contributed by atoms with Crippen molar-refractivity contribution in [3.05, 3.63) is 28.3 Å². The second kappa shape index (κ2) is 9.52. The molecule has 5 nitrogen and oxygen atoms in total. The maximum absolute atomic E-state index is 11.9. The van der Waals surface area contributed by atoms with Crippen molar-refractivity contribution in [2.45, 2.75) is 40.5 Å². The molecule has 134 valence electrons. The van der Waals surface area contributed by atoms with E-state index in [9.17, 15) is 9.59 Å². The van der Waals surface area contributed by atoms with Crippen LogP contribution < -0.4 is 15.4 Å². The first kappa shape index (κ1) is 20.3. The molecule has 0 aliphatic rings. The first-order valence-electron chi connectivity index (χ1n) is 8.19. The molecule has 0 aliphatic heterocycles. The molecule has 0 unspecified atom stereocenters. The summed E-state index contributed by atoms with van der Waals surface area (Å²) in [6, 6.07) is 3.74. The number of halogens is 1. The minimum atomic E-state index is -0.226. The largest absolute Gasteiger partial charge is 0.483 e. The van der Waals surface area contributed by atoms with Crippen LogP contribution in [-0.2, 0) is 9.59 Å². The van der Waals surface area contributed by atoms with Gasteiger partial charge in [-0.2, -0.15) is 0 Å². The highest BCUT2D eigenvalue weighted by Crippen LogP contribution is 2.31. The number of amides is 2. The lowest BCUT2D eigenvalue weighted by Gasteiger charge is -2.16. The predicted molar refractivity (Wildman–Crippen MR) is 96.6 cm³/mol. The predicted octanol–water partition coefficient (Wildman–Crippen LogP) is 3.04. The zero-order valence-corrected chi connectivity index (χ0v) is 15.8. The number of hydrogen-bond acceptors (Lipinski definition) is 3. The third kappa shape index (κ3) is 6.40. The fourth-order valence-electron chi connectivity index (χ4n) is 2.03. The summed E-state index contributed by atoms with van der Waals surface area (Å²) in [6.07, 6.45) is 0. The summed E-state index contributed by atoms with van der Waals surface area (Å²) in [5, 5.41) is 6.15. The summed E-state index contributed by atoms with van der Waals surface area (Å²) in [4.78, 5) is 23.3. The summed E-state index contributed by atoms with van der Waals surface area (Å²) < 4.78 is 5.65. The third-order valence-corrected chi connectivity index (χ3v) is 3.95. The van der Waals surface area contributed by atoms with Crippen molar-refractivity contribution in [3.63, 3.8) is 0 Å². The molecule has 0 heterocycles. The van der Waals surface area contributed by atoms with Gasteiger partial charge in [0.15, 0.2) is 6.61 Å². The van der Waals surface area contributed by atoms with Gasteiger partial charge in [-0.1, -0.05) is 39.3 Å². The Morgan fingerprint density at radius 2 is 1.75 bits per heavy atom. The number of benzene rings is 1. The van der Waals surface area contributed by atoms with Crippen molar-refractivity contribution in [1.82, 2.24) is 10.6 Å². The molecular formula is C18H27ClN2O3. The van der Waals surface area contributed by atoms with Crippen LogP contribution in [-0.4, -0.2) is 31.5 Å². The molecule has 0 saturated carbocycles. The van der Waals surface area contributed by atoms with Crippen molar-refractivity contribution < 1.29 is 14.3 Å². The molecule has 0 aromatic heterocycles. The van der Waals surface area contributed by atoms with Crippen molar-refractivity contribution >= 4 is 23.4 Å². The number of carbonyl (C=O) groups excluding carboxylic acids is 2. The normalized spacial score (nSPS) is 10.8. The minimum absolute atomic E-state index is 0.0290. The molecular weight excluding hydrogens is 328 g/mol. The Morgan fingerprint density at radius 3 is 2.33 bits per heavy atom. The number of ether oxygens (including phenoxy) is 1. The van der Waals surface area contributed by atoms with Gasteiger partial charge in [-0.15, -0.1) is 0 Å². The zero-order valence-electron chi connectivity index (χ0n) is 15.0. The number of nitrogens with one attached hydrogen (secondary N) is 2. The summed E-state index contributed by atoms with van der Waals surface area (Å²) in [6.45, 7) is 10.3. The Morgan fingerprint density at radius 1 is 1.12 bits per heavy atom. The number of hydrogen-bond donors (Lipinski definition) is 2. The lowest BCUT2D eigenvalue weighted by molar-refractivity contribution is -0.125. The molecule has 1 aromatic rings. The zero-order chi connectivity index (χ0) is 18.3. The summed E-state index contributed by atoms with van der Waals surface area (Å²) in [5.74, 6) is 0.601. The van der Waals surface area contributed by atoms with Crippen LogP contribution in [0, 0.1) is 12.8 Å². The van der Waals surface area contributed by atoms with E-state index < -0.39 is 0 Å². The van der Waals surface area contributed by atoms with E-state index in [1.54, 1.807) is 0 Å². The summed E-state index contributed by atoms with van der Waals surface area (Å²) in [5.41, 5.74) is 1.88. The molecule has 0 aliphatic carbocycles. The van der Waals surface area contributed by atoms with Crippen LogP contribution in [0.25, 0.3) is 0 Å². The van der Waals surface area contributed by atoms with Crippen molar-refractivity contribution in [1.29, 1.82) is 0 Å².